The van der Waals surface area contributed by atoms with Crippen LogP contribution in [0.4, 0.5) is 5.82 Å². The number of aromatic nitrogens is 3. The van der Waals surface area contributed by atoms with Crippen LogP contribution in [0.3, 0.4) is 0 Å². The lowest BCUT2D eigenvalue weighted by Gasteiger charge is -2.41. The number of halogens is 1. The van der Waals surface area contributed by atoms with Gasteiger partial charge in [0.1, 0.15) is 5.82 Å². The molecule has 26 heavy (non-hydrogen) atoms. The highest BCUT2D eigenvalue weighted by Crippen LogP contribution is 2.50. The summed E-state index contributed by atoms with van der Waals surface area (Å²) < 4.78 is 7.33. The Balaban J connectivity index is 1.55. The van der Waals surface area contributed by atoms with Gasteiger partial charge in [-0.15, -0.1) is 0 Å². The average molecular weight is 369 g/mol. The quantitative estimate of drug-likeness (QED) is 0.707. The summed E-state index contributed by atoms with van der Waals surface area (Å²) in [5, 5.41) is 5.69. The highest BCUT2D eigenvalue weighted by atomic mass is 35.5. The van der Waals surface area contributed by atoms with Crippen LogP contribution < -0.4 is 4.90 Å². The fraction of sp³-hybridized carbons (Fsp3) is 0.400. The maximum atomic E-state index is 6.53. The minimum atomic E-state index is -0.0782. The Bertz CT molecular complexity index is 944. The number of hydrogen-bond donors (Lipinski definition) is 0. The third-order valence-corrected chi connectivity index (χ3v) is 6.06. The van der Waals surface area contributed by atoms with Gasteiger partial charge in [-0.2, -0.15) is 5.10 Å². The number of ether oxygens (including phenoxy) is 1. The minimum absolute atomic E-state index is 0.0782. The maximum Gasteiger partial charge on any atom is 0.157 e. The molecule has 2 aliphatic rings. The van der Waals surface area contributed by atoms with Crippen LogP contribution in [0.5, 0.6) is 0 Å². The van der Waals surface area contributed by atoms with E-state index in [0.717, 1.165) is 61.3 Å². The van der Waals surface area contributed by atoms with Crippen LogP contribution in [0.25, 0.3) is 5.65 Å². The molecule has 3 aromatic rings. The van der Waals surface area contributed by atoms with Gasteiger partial charge in [0.05, 0.1) is 18.9 Å². The Kier molecular flexibility index (Phi) is 3.87. The van der Waals surface area contributed by atoms with Crippen molar-refractivity contribution in [2.24, 2.45) is 0 Å². The van der Waals surface area contributed by atoms with Crippen LogP contribution in [0, 0.1) is 0 Å². The Labute approximate surface area is 157 Å². The van der Waals surface area contributed by atoms with Crippen molar-refractivity contribution in [2.75, 3.05) is 31.2 Å². The Morgan fingerprint density at radius 2 is 1.88 bits per heavy atom. The smallest absolute Gasteiger partial charge is 0.157 e. The van der Waals surface area contributed by atoms with Gasteiger partial charge in [0.15, 0.2) is 5.65 Å². The molecule has 0 spiro atoms. The lowest BCUT2D eigenvalue weighted by Crippen LogP contribution is -2.36. The summed E-state index contributed by atoms with van der Waals surface area (Å²) in [7, 11) is 0. The average Bonchev–Trinajstić information content (AvgIpc) is 3.06. The summed E-state index contributed by atoms with van der Waals surface area (Å²) in [6.07, 6.45) is 5.37. The standard InChI is InChI=1S/C20H21ClN4O/c21-16-5-2-1-4-15(16)20(7-3-8-20)17-14-19-22-18(6-9-25(19)23-17)24-10-12-26-13-11-24/h1-2,4-6,9,14H,3,7-8,10-13H2. The summed E-state index contributed by atoms with van der Waals surface area (Å²) in [6.45, 7) is 3.28. The molecular weight excluding hydrogens is 348 g/mol. The van der Waals surface area contributed by atoms with Crippen molar-refractivity contribution in [3.63, 3.8) is 0 Å². The number of fused-ring (bicyclic) bond motifs is 1. The number of benzene rings is 1. The van der Waals surface area contributed by atoms with Crippen LogP contribution in [0.2, 0.25) is 5.02 Å². The van der Waals surface area contributed by atoms with E-state index in [1.165, 1.54) is 12.0 Å². The minimum Gasteiger partial charge on any atom is -0.378 e. The highest BCUT2D eigenvalue weighted by molar-refractivity contribution is 6.31. The van der Waals surface area contributed by atoms with E-state index >= 15 is 0 Å². The predicted molar refractivity (Wildman–Crippen MR) is 102 cm³/mol. The monoisotopic (exact) mass is 368 g/mol. The third kappa shape index (κ3) is 2.49. The van der Waals surface area contributed by atoms with Gasteiger partial charge < -0.3 is 9.64 Å². The second-order valence-electron chi connectivity index (χ2n) is 7.13. The fourth-order valence-corrected chi connectivity index (χ4v) is 4.43. The second kappa shape index (κ2) is 6.25. The van der Waals surface area contributed by atoms with E-state index in [1.54, 1.807) is 0 Å². The van der Waals surface area contributed by atoms with Gasteiger partial charge in [0.25, 0.3) is 0 Å². The van der Waals surface area contributed by atoms with Crippen LogP contribution in [0.15, 0.2) is 42.6 Å². The zero-order valence-corrected chi connectivity index (χ0v) is 15.3. The van der Waals surface area contributed by atoms with E-state index < -0.39 is 0 Å². The van der Waals surface area contributed by atoms with Gasteiger partial charge >= 0.3 is 0 Å². The van der Waals surface area contributed by atoms with Crippen molar-refractivity contribution in [2.45, 2.75) is 24.7 Å². The van der Waals surface area contributed by atoms with Crippen LogP contribution in [0.1, 0.15) is 30.5 Å². The van der Waals surface area contributed by atoms with Crippen LogP contribution in [-0.4, -0.2) is 40.9 Å². The second-order valence-corrected chi connectivity index (χ2v) is 7.54. The molecule has 5 rings (SSSR count). The van der Waals surface area contributed by atoms with E-state index in [2.05, 4.69) is 23.1 Å². The molecule has 0 N–H and O–H groups in total. The molecule has 1 saturated heterocycles. The maximum absolute atomic E-state index is 6.53. The molecular formula is C20H21ClN4O. The van der Waals surface area contributed by atoms with Crippen molar-refractivity contribution in [1.29, 1.82) is 0 Å². The van der Waals surface area contributed by atoms with E-state index in [0.29, 0.717) is 0 Å². The van der Waals surface area contributed by atoms with Gasteiger partial charge in [0.2, 0.25) is 0 Å². The van der Waals surface area contributed by atoms with Gasteiger partial charge in [-0.3, -0.25) is 0 Å². The molecule has 5 nitrogen and oxygen atoms in total. The fourth-order valence-electron chi connectivity index (χ4n) is 4.12. The lowest BCUT2D eigenvalue weighted by molar-refractivity contribution is 0.122. The summed E-state index contributed by atoms with van der Waals surface area (Å²) >= 11 is 6.53. The van der Waals surface area contributed by atoms with E-state index in [9.17, 15) is 0 Å². The molecule has 1 saturated carbocycles. The third-order valence-electron chi connectivity index (χ3n) is 5.73. The van der Waals surface area contributed by atoms with Gasteiger partial charge in [0, 0.05) is 35.8 Å². The van der Waals surface area contributed by atoms with Crippen molar-refractivity contribution in [3.05, 3.63) is 58.9 Å². The van der Waals surface area contributed by atoms with E-state index in [-0.39, 0.29) is 5.41 Å². The highest BCUT2D eigenvalue weighted by Gasteiger charge is 2.43. The van der Waals surface area contributed by atoms with Crippen molar-refractivity contribution in [3.8, 4) is 0 Å². The van der Waals surface area contributed by atoms with E-state index in [4.69, 9.17) is 26.4 Å². The molecule has 6 heteroatoms. The molecule has 0 bridgehead atoms. The molecule has 2 aromatic heterocycles. The summed E-state index contributed by atoms with van der Waals surface area (Å²) in [5.74, 6) is 0.993. The van der Waals surface area contributed by atoms with Crippen molar-refractivity contribution < 1.29 is 4.74 Å². The molecule has 1 aliphatic heterocycles. The lowest BCUT2D eigenvalue weighted by atomic mass is 9.62. The van der Waals surface area contributed by atoms with Crippen LogP contribution >= 0.6 is 11.6 Å². The Hall–Kier alpha value is -2.11. The first kappa shape index (κ1) is 16.1. The summed E-state index contributed by atoms with van der Waals surface area (Å²) in [6, 6.07) is 12.3. The first-order valence-corrected chi connectivity index (χ1v) is 9.59. The normalized spacial score (nSPS) is 19.5. The zero-order chi connectivity index (χ0) is 17.6. The molecule has 3 heterocycles. The number of nitrogens with zero attached hydrogens (tertiary/aromatic N) is 4. The molecule has 0 atom stereocenters. The first-order valence-electron chi connectivity index (χ1n) is 9.21. The SMILES string of the molecule is Clc1ccccc1C1(c2cc3nc(N4CCOCC4)ccn3n2)CCC1. The molecule has 0 unspecified atom stereocenters. The van der Waals surface area contributed by atoms with Crippen LogP contribution in [-0.2, 0) is 10.2 Å². The van der Waals surface area contributed by atoms with Gasteiger partial charge in [-0.1, -0.05) is 36.2 Å². The summed E-state index contributed by atoms with van der Waals surface area (Å²) in [4.78, 5) is 7.11. The predicted octanol–water partition coefficient (Wildman–Crippen LogP) is 3.69. The number of hydrogen-bond acceptors (Lipinski definition) is 4. The van der Waals surface area contributed by atoms with Crippen molar-refractivity contribution in [1.82, 2.24) is 14.6 Å². The number of rotatable bonds is 3. The van der Waals surface area contributed by atoms with E-state index in [1.807, 2.05) is 28.9 Å². The number of anilines is 1. The topological polar surface area (TPSA) is 42.7 Å². The number of morpholine rings is 1. The van der Waals surface area contributed by atoms with Crippen molar-refractivity contribution >= 4 is 23.1 Å². The molecule has 0 radical (unpaired) electrons. The molecule has 1 aromatic carbocycles. The Morgan fingerprint density at radius 3 is 2.62 bits per heavy atom. The zero-order valence-electron chi connectivity index (χ0n) is 14.6. The largest absolute Gasteiger partial charge is 0.378 e. The summed E-state index contributed by atoms with van der Waals surface area (Å²) in [5.41, 5.74) is 3.07. The first-order chi connectivity index (χ1) is 12.8. The molecule has 0 amide bonds. The molecule has 134 valence electrons. The molecule has 2 fully saturated rings. The molecule has 1 aliphatic carbocycles. The van der Waals surface area contributed by atoms with Gasteiger partial charge in [-0.05, 0) is 30.5 Å². The van der Waals surface area contributed by atoms with Gasteiger partial charge in [-0.25, -0.2) is 9.50 Å². The Morgan fingerprint density at radius 1 is 1.08 bits per heavy atom.